The third-order valence-corrected chi connectivity index (χ3v) is 2.27. The number of carbonyl (C=O) groups excluding carboxylic acids is 1. The molecule has 2 heterocycles. The van der Waals surface area contributed by atoms with Crippen LogP contribution in [0.1, 0.15) is 13.8 Å². The van der Waals surface area contributed by atoms with E-state index in [9.17, 15) is 4.79 Å². The normalized spacial score (nSPS) is 10.0. The SMILES string of the molecule is CC(=O)/C=C(/C)O.[Pt].[c-]1nocc1-c1nccs1. The summed E-state index contributed by atoms with van der Waals surface area (Å²) >= 11 is 1.54. The molecule has 2 aromatic heterocycles. The molecule has 0 spiro atoms. The number of allylic oxidation sites excluding steroid dienone is 2. The molecule has 2 rings (SSSR count). The van der Waals surface area contributed by atoms with Crippen molar-refractivity contribution in [1.82, 2.24) is 10.1 Å². The largest absolute Gasteiger partial charge is 0.512 e. The first kappa shape index (κ1) is 16.7. The van der Waals surface area contributed by atoms with Gasteiger partial charge in [0, 0.05) is 44.6 Å². The van der Waals surface area contributed by atoms with E-state index in [1.165, 1.54) is 37.5 Å². The fraction of sp³-hybridized carbons (Fsp3) is 0.182. The van der Waals surface area contributed by atoms with Gasteiger partial charge in [-0.05, 0) is 25.4 Å². The summed E-state index contributed by atoms with van der Waals surface area (Å²) < 4.78 is 4.60. The van der Waals surface area contributed by atoms with Gasteiger partial charge in [0.25, 0.3) is 0 Å². The molecule has 0 unspecified atom stereocenters. The third-order valence-electron chi connectivity index (χ3n) is 1.46. The number of aliphatic hydroxyl groups excluding tert-OH is 1. The van der Waals surface area contributed by atoms with Crippen LogP contribution in [0.4, 0.5) is 0 Å². The van der Waals surface area contributed by atoms with Crippen LogP contribution in [0, 0.1) is 6.20 Å². The van der Waals surface area contributed by atoms with Crippen molar-refractivity contribution in [2.75, 3.05) is 0 Å². The number of hydrogen-bond donors (Lipinski definition) is 1. The Kier molecular flexibility index (Phi) is 8.16. The Labute approximate surface area is 123 Å². The topological polar surface area (TPSA) is 76.2 Å². The molecule has 0 saturated heterocycles. The smallest absolute Gasteiger partial charge is 0.155 e. The Hall–Kier alpha value is -1.26. The molecule has 0 amide bonds. The second-order valence-electron chi connectivity index (χ2n) is 3.07. The van der Waals surface area contributed by atoms with Crippen LogP contribution in [0.3, 0.4) is 0 Å². The Morgan fingerprint density at radius 2 is 2.28 bits per heavy atom. The quantitative estimate of drug-likeness (QED) is 0.436. The first-order valence-electron chi connectivity index (χ1n) is 4.69. The number of carbonyl (C=O) groups is 1. The monoisotopic (exact) mass is 446 g/mol. The van der Waals surface area contributed by atoms with E-state index in [4.69, 9.17) is 5.11 Å². The maximum Gasteiger partial charge on any atom is 0.155 e. The molecule has 100 valence electrons. The fourth-order valence-corrected chi connectivity index (χ4v) is 1.52. The molecule has 18 heavy (non-hydrogen) atoms. The summed E-state index contributed by atoms with van der Waals surface area (Å²) in [6.07, 6.45) is 7.10. The number of aliphatic hydroxyl groups is 1. The van der Waals surface area contributed by atoms with Crippen LogP contribution >= 0.6 is 11.3 Å². The zero-order chi connectivity index (χ0) is 12.7. The second kappa shape index (κ2) is 8.77. The predicted molar refractivity (Wildman–Crippen MR) is 63.5 cm³/mol. The van der Waals surface area contributed by atoms with E-state index in [1.807, 2.05) is 5.38 Å². The third kappa shape index (κ3) is 6.47. The summed E-state index contributed by atoms with van der Waals surface area (Å²) in [7, 11) is 0. The molecule has 0 aliphatic rings. The van der Waals surface area contributed by atoms with Gasteiger partial charge in [0.1, 0.15) is 0 Å². The number of rotatable bonds is 2. The molecular formula is C11H11N2O3PtS-. The second-order valence-corrected chi connectivity index (χ2v) is 3.97. The molecule has 0 fully saturated rings. The molecule has 0 atom stereocenters. The average molecular weight is 446 g/mol. The Bertz CT molecular complexity index is 444. The van der Waals surface area contributed by atoms with Crippen LogP contribution in [0.2, 0.25) is 0 Å². The molecule has 0 aliphatic heterocycles. The first-order chi connectivity index (χ1) is 8.09. The fourth-order valence-electron chi connectivity index (χ4n) is 0.930. The van der Waals surface area contributed by atoms with Gasteiger partial charge in [-0.25, -0.2) is 0 Å². The minimum atomic E-state index is -0.125. The van der Waals surface area contributed by atoms with Gasteiger partial charge in [-0.3, -0.25) is 4.79 Å². The molecule has 0 radical (unpaired) electrons. The van der Waals surface area contributed by atoms with Crippen LogP contribution in [-0.2, 0) is 25.9 Å². The number of nitrogens with zero attached hydrogens (tertiary/aromatic N) is 2. The van der Waals surface area contributed by atoms with E-state index in [1.54, 1.807) is 6.20 Å². The van der Waals surface area contributed by atoms with Crippen LogP contribution in [0.15, 0.2) is 34.2 Å². The van der Waals surface area contributed by atoms with Gasteiger partial charge >= 0.3 is 0 Å². The van der Waals surface area contributed by atoms with Crippen LogP contribution in [0.25, 0.3) is 10.6 Å². The molecule has 0 bridgehead atoms. The average Bonchev–Trinajstić information content (AvgIpc) is 2.89. The van der Waals surface area contributed by atoms with Crippen molar-refractivity contribution >= 4 is 17.1 Å². The summed E-state index contributed by atoms with van der Waals surface area (Å²) in [5.41, 5.74) is 0.815. The van der Waals surface area contributed by atoms with Crippen molar-refractivity contribution in [1.29, 1.82) is 0 Å². The summed E-state index contributed by atoms with van der Waals surface area (Å²) in [5, 5.41) is 14.6. The zero-order valence-electron chi connectivity index (χ0n) is 9.69. The van der Waals surface area contributed by atoms with Gasteiger partial charge < -0.3 is 14.6 Å². The van der Waals surface area contributed by atoms with Crippen molar-refractivity contribution in [2.45, 2.75) is 13.8 Å². The molecule has 1 N–H and O–H groups in total. The van der Waals surface area contributed by atoms with Gasteiger partial charge in [-0.15, -0.1) is 0 Å². The number of hydrogen-bond acceptors (Lipinski definition) is 6. The first-order valence-corrected chi connectivity index (χ1v) is 5.57. The van der Waals surface area contributed by atoms with E-state index in [0.29, 0.717) is 0 Å². The summed E-state index contributed by atoms with van der Waals surface area (Å²) in [6, 6.07) is 0. The molecule has 0 aliphatic carbocycles. The van der Waals surface area contributed by atoms with E-state index in [-0.39, 0.29) is 32.6 Å². The molecule has 0 saturated carbocycles. The summed E-state index contributed by atoms with van der Waals surface area (Å²) in [4.78, 5) is 14.1. The number of thiazole rings is 1. The van der Waals surface area contributed by atoms with Crippen molar-refractivity contribution in [3.8, 4) is 10.6 Å². The Morgan fingerprint density at radius 3 is 2.61 bits per heavy atom. The van der Waals surface area contributed by atoms with Crippen LogP contribution in [-0.4, -0.2) is 21.0 Å². The van der Waals surface area contributed by atoms with E-state index in [2.05, 4.69) is 20.9 Å². The molecule has 0 aromatic carbocycles. The predicted octanol–water partition coefficient (Wildman–Crippen LogP) is 2.63. The van der Waals surface area contributed by atoms with E-state index in [0.717, 1.165) is 10.6 Å². The maximum atomic E-state index is 10.0. The number of ketones is 1. The molecule has 5 nitrogen and oxygen atoms in total. The van der Waals surface area contributed by atoms with Gasteiger partial charge in [0.05, 0.1) is 5.76 Å². The minimum Gasteiger partial charge on any atom is -0.512 e. The zero-order valence-corrected chi connectivity index (χ0v) is 12.8. The summed E-state index contributed by atoms with van der Waals surface area (Å²) in [5.74, 6) is -0.0625. The van der Waals surface area contributed by atoms with Gasteiger partial charge in [-0.2, -0.15) is 16.5 Å². The minimum absolute atomic E-state index is 0. The van der Waals surface area contributed by atoms with Gasteiger partial charge in [0.2, 0.25) is 0 Å². The van der Waals surface area contributed by atoms with Gasteiger partial charge in [-0.1, -0.05) is 5.56 Å². The van der Waals surface area contributed by atoms with E-state index < -0.39 is 0 Å². The van der Waals surface area contributed by atoms with Crippen LogP contribution < -0.4 is 0 Å². The molecule has 7 heteroatoms. The molecular weight excluding hydrogens is 435 g/mol. The molecule has 2 aromatic rings. The maximum absolute atomic E-state index is 10.0. The van der Waals surface area contributed by atoms with Crippen molar-refractivity contribution < 1.29 is 35.5 Å². The van der Waals surface area contributed by atoms with Crippen molar-refractivity contribution in [3.05, 3.63) is 35.9 Å². The van der Waals surface area contributed by atoms with Crippen molar-refractivity contribution in [2.24, 2.45) is 0 Å². The van der Waals surface area contributed by atoms with Gasteiger partial charge in [0.15, 0.2) is 5.78 Å². The standard InChI is InChI=1S/C6H3N2OS.C5H8O2.Pt/c1-2-10-6(7-1)5-3-8-9-4-5;1-4(6)3-5(2)7;/h1-2,4H;3,6H,1-2H3;/q-1;;/b;4-3-;. The Balaban J connectivity index is 0.000000326. The van der Waals surface area contributed by atoms with Crippen molar-refractivity contribution in [3.63, 3.8) is 0 Å². The number of aromatic nitrogens is 2. The van der Waals surface area contributed by atoms with E-state index >= 15 is 0 Å². The summed E-state index contributed by atoms with van der Waals surface area (Å²) in [6.45, 7) is 2.85. The Morgan fingerprint density at radius 1 is 1.56 bits per heavy atom. The van der Waals surface area contributed by atoms with Crippen LogP contribution in [0.5, 0.6) is 0 Å².